The van der Waals surface area contributed by atoms with Gasteiger partial charge in [0.1, 0.15) is 19.0 Å². The van der Waals surface area contributed by atoms with Gasteiger partial charge >= 0.3 is 42.6 Å². The summed E-state index contributed by atoms with van der Waals surface area (Å²) in [6.45, 7) is 12.6. The fraction of sp³-hybridized carbons (Fsp3) is 0.808. The Morgan fingerprint density at radius 1 is 0.409 bits per heavy atom. The number of Topliss-reactive ketones (excluding diaryl/α,β-unsaturated/α-hetero) is 1. The molecule has 2 unspecified atom stereocenters. The van der Waals surface area contributed by atoms with Gasteiger partial charge in [-0.05, 0) is 103 Å². The lowest BCUT2D eigenvalue weighted by Crippen LogP contribution is -2.68. The fourth-order valence-electron chi connectivity index (χ4n) is 9.80. The van der Waals surface area contributed by atoms with Gasteiger partial charge in [-0.25, -0.2) is 0 Å². The Labute approximate surface area is 683 Å². The summed E-state index contributed by atoms with van der Waals surface area (Å²) in [7, 11) is 3.29. The second-order valence-electron chi connectivity index (χ2n) is 27.0. The molecule has 0 fully saturated rings. The van der Waals surface area contributed by atoms with Crippen molar-refractivity contribution in [2.24, 2.45) is 0 Å². The van der Waals surface area contributed by atoms with Gasteiger partial charge in [-0.1, -0.05) is 176 Å². The molecule has 676 valence electrons. The summed E-state index contributed by atoms with van der Waals surface area (Å²) < 4.78 is 141. The highest BCUT2D eigenvalue weighted by Crippen LogP contribution is 2.17. The fourth-order valence-corrected chi connectivity index (χ4v) is 10.9. The molecular weight excluding hydrogens is 1580 g/mol. The van der Waals surface area contributed by atoms with Crippen LogP contribution in [0.2, 0.25) is 0 Å². The van der Waals surface area contributed by atoms with Crippen LogP contribution in [-0.4, -0.2) is 205 Å². The molecule has 0 aromatic heterocycles. The number of ketones is 1. The van der Waals surface area contributed by atoms with Gasteiger partial charge < -0.3 is 58.4 Å². The number of quaternary nitrogens is 4. The second kappa shape index (κ2) is 86.1. The smallest absolute Gasteiger partial charge is 0.446 e. The number of alkyl halides is 12. The Kier molecular flexibility index (Phi) is 90.0. The third-order valence-electron chi connectivity index (χ3n) is 16.2. The minimum absolute atomic E-state index is 0.0215. The largest absolute Gasteiger partial charge is 0.462 e. The molecule has 0 saturated heterocycles. The molecule has 37 heteroatoms. The van der Waals surface area contributed by atoms with E-state index in [1.165, 1.54) is 96.3 Å². The quantitative estimate of drug-likeness (QED) is 0.00533. The molecule has 23 nitrogen and oxygen atoms in total. The van der Waals surface area contributed by atoms with E-state index in [-0.39, 0.29) is 80.0 Å². The van der Waals surface area contributed by atoms with Crippen LogP contribution >= 0.6 is 21.6 Å². The highest BCUT2D eigenvalue weighted by atomic mass is 33.1. The van der Waals surface area contributed by atoms with E-state index in [0.29, 0.717) is 58.7 Å². The summed E-state index contributed by atoms with van der Waals surface area (Å²) in [4.78, 5) is 123. The van der Waals surface area contributed by atoms with E-state index >= 15 is 0 Å². The van der Waals surface area contributed by atoms with Gasteiger partial charge in [0.05, 0.1) is 26.1 Å². The number of aldehydes is 4. The number of halogens is 12. The standard InChI is InChI=1S/C46H83NO7S2.C24H52N8O3.4C2HF3O/c1-4-6-8-10-12-14-16-18-20-22-24-26-28-30-32-34-44(49)52-40-42(41-53-45(50)37-36-43(48)47-38-39-56-55-3)54-46(51)35-33-31-29-27-25-23-21-19-17-15-13-11-9-7-5-2;1-2-3-8-20(33)19-29-13-16-32(17-14-30-23(34)21(27)9-4-6-11-25)18-15-31-24(35)22(28)10-5-7-12-26;4*3-2(4,5)1-6/h18-21,42H,4-17,22-41H2,1-3H3,(H,47,48);21-22,29H,2-19,25-28H2,1H3,(H,30,34)(H,31,35);4*1H/p+4/b20-18-,21-19-;;;;;/t42-;;;;;/m0...../s1. The van der Waals surface area contributed by atoms with Crippen LogP contribution in [0.4, 0.5) is 52.7 Å². The number of esters is 3. The van der Waals surface area contributed by atoms with E-state index in [2.05, 4.69) is 94.2 Å². The van der Waals surface area contributed by atoms with Crippen LogP contribution < -0.4 is 44.2 Å². The molecule has 115 heavy (non-hydrogen) atoms. The van der Waals surface area contributed by atoms with Crippen molar-refractivity contribution in [1.29, 1.82) is 0 Å². The van der Waals surface area contributed by atoms with E-state index in [1.54, 1.807) is 21.6 Å². The number of nitrogens with one attached hydrogen (secondary N) is 4. The number of carbonyl (C=O) groups is 11. The van der Waals surface area contributed by atoms with Gasteiger partial charge in [-0.3, -0.25) is 57.6 Å². The Balaban J connectivity index is -0.000000420. The first-order valence-electron chi connectivity index (χ1n) is 40.6. The molecule has 0 rings (SSSR count). The third-order valence-corrected chi connectivity index (χ3v) is 18.0. The zero-order chi connectivity index (χ0) is 88.1. The molecule has 0 saturated carbocycles. The number of ether oxygens (including phenoxy) is 3. The molecule has 0 heterocycles. The van der Waals surface area contributed by atoms with Crippen molar-refractivity contribution in [3.05, 3.63) is 24.3 Å². The van der Waals surface area contributed by atoms with Crippen LogP contribution in [0.1, 0.15) is 271 Å². The van der Waals surface area contributed by atoms with Gasteiger partial charge in [-0.2, -0.15) is 52.7 Å². The SMILES string of the molecule is CCCCC(=O)CNCCN(CCNC(=O)C([NH3+])CCCC[NH3+])CCNC(=O)C([NH3+])CCCC[NH3+].CCCCCCCC/C=C\CCCCCCCC(=O)OC[C@@H](COC(=O)CCC(=O)NCCSSC)OC(=O)CCCCCCC/C=C\CCCCCCCC.O=CC(F)(F)F.O=CC(F)(F)F.O=CC(F)(F)F.O=CC(F)(F)F. The first-order chi connectivity index (χ1) is 54.5. The lowest BCUT2D eigenvalue weighted by atomic mass is 10.1. The minimum atomic E-state index is -4.64. The monoisotopic (exact) mass is 1720 g/mol. The van der Waals surface area contributed by atoms with Crippen LogP contribution in [-0.2, 0) is 67.0 Å². The average Bonchev–Trinajstić information content (AvgIpc) is 0.933. The number of hydrogen-bond donors (Lipinski definition) is 8. The Morgan fingerprint density at radius 3 is 1.10 bits per heavy atom. The minimum Gasteiger partial charge on any atom is -0.462 e. The van der Waals surface area contributed by atoms with Crippen molar-refractivity contribution in [1.82, 2.24) is 26.2 Å². The van der Waals surface area contributed by atoms with Gasteiger partial charge in [0, 0.05) is 90.1 Å². The summed E-state index contributed by atoms with van der Waals surface area (Å²) in [5.74, 6) is -0.528. The maximum atomic E-state index is 12.7. The summed E-state index contributed by atoms with van der Waals surface area (Å²) in [5, 5.41) is 12.0. The number of rotatable bonds is 66. The number of unbranched alkanes of at least 4 members (excludes halogenated alkanes) is 25. The van der Waals surface area contributed by atoms with Gasteiger partial charge in [0.25, 0.3) is 11.8 Å². The summed E-state index contributed by atoms with van der Waals surface area (Å²) in [5.41, 5.74) is 15.6. The van der Waals surface area contributed by atoms with Crippen LogP contribution in [0.15, 0.2) is 24.3 Å². The van der Waals surface area contributed by atoms with Crippen molar-refractivity contribution in [2.45, 2.75) is 314 Å². The van der Waals surface area contributed by atoms with Crippen molar-refractivity contribution in [3.63, 3.8) is 0 Å². The van der Waals surface area contributed by atoms with Gasteiger partial charge in [0.2, 0.25) is 31.1 Å². The molecule has 0 aliphatic carbocycles. The van der Waals surface area contributed by atoms with E-state index < -0.39 is 61.9 Å². The first kappa shape index (κ1) is 120. The number of nitrogens with zero attached hydrogens (tertiary/aromatic N) is 1. The van der Waals surface area contributed by atoms with Crippen LogP contribution in [0.25, 0.3) is 0 Å². The Bertz CT molecular complexity index is 2340. The average molecular weight is 1720 g/mol. The summed E-state index contributed by atoms with van der Waals surface area (Å²) >= 11 is 0. The van der Waals surface area contributed by atoms with E-state index in [1.807, 2.05) is 6.26 Å². The zero-order valence-electron chi connectivity index (χ0n) is 69.0. The van der Waals surface area contributed by atoms with Crippen molar-refractivity contribution in [3.8, 4) is 0 Å². The third kappa shape index (κ3) is 108. The number of hydrogen-bond acceptors (Lipinski definition) is 18. The van der Waals surface area contributed by atoms with Crippen LogP contribution in [0.5, 0.6) is 0 Å². The van der Waals surface area contributed by atoms with Crippen LogP contribution in [0, 0.1) is 0 Å². The second-order valence-corrected chi connectivity index (χ2v) is 29.6. The number of amides is 3. The molecule has 0 radical (unpaired) electrons. The predicted octanol–water partition coefficient (Wildman–Crippen LogP) is 11.9. The van der Waals surface area contributed by atoms with E-state index in [9.17, 15) is 86.2 Å². The zero-order valence-corrected chi connectivity index (χ0v) is 70.6. The first-order valence-corrected chi connectivity index (χ1v) is 43.3. The maximum absolute atomic E-state index is 12.7. The molecule has 0 spiro atoms. The lowest BCUT2D eigenvalue weighted by molar-refractivity contribution is -0.406. The summed E-state index contributed by atoms with van der Waals surface area (Å²) in [6, 6.07) is -0.495. The molecular formula is C78H143F12N9O14S2+4. The van der Waals surface area contributed by atoms with E-state index in [4.69, 9.17) is 33.4 Å². The Morgan fingerprint density at radius 2 is 0.748 bits per heavy atom. The highest BCUT2D eigenvalue weighted by Gasteiger charge is 2.28. The van der Waals surface area contributed by atoms with Crippen molar-refractivity contribution >= 4 is 88.1 Å². The molecule has 16 N–H and O–H groups in total. The molecule has 3 amide bonds. The molecule has 0 aliphatic heterocycles. The number of allylic oxidation sites excluding steroid dienone is 4. The van der Waals surface area contributed by atoms with Crippen molar-refractivity contribution in [2.75, 3.05) is 90.7 Å². The Hall–Kier alpha value is -5.73. The molecule has 0 aliphatic rings. The predicted molar refractivity (Wildman–Crippen MR) is 424 cm³/mol. The summed E-state index contributed by atoms with van der Waals surface area (Å²) in [6.07, 6.45) is 26.9. The van der Waals surface area contributed by atoms with Crippen LogP contribution in [0.3, 0.4) is 0 Å². The number of carbonyl (C=O) groups excluding carboxylic acids is 11. The molecule has 0 aromatic rings. The van der Waals surface area contributed by atoms with Gasteiger partial charge in [0.15, 0.2) is 18.2 Å². The molecule has 0 aromatic carbocycles. The topological polar surface area (TPSA) is 377 Å². The van der Waals surface area contributed by atoms with E-state index in [0.717, 1.165) is 147 Å². The highest BCUT2D eigenvalue weighted by molar-refractivity contribution is 8.76. The van der Waals surface area contributed by atoms with Gasteiger partial charge in [-0.15, -0.1) is 0 Å². The molecule has 3 atom stereocenters. The normalized spacial score (nSPS) is 12.1. The maximum Gasteiger partial charge on any atom is 0.446 e. The lowest BCUT2D eigenvalue weighted by Gasteiger charge is -2.23. The molecule has 0 bridgehead atoms. The van der Waals surface area contributed by atoms with Crippen molar-refractivity contribution < 1.29 is 143 Å².